The Kier molecular flexibility index (Phi) is 3.45. The zero-order valence-corrected chi connectivity index (χ0v) is 12.3. The molecule has 20 heavy (non-hydrogen) atoms. The van der Waals surface area contributed by atoms with Gasteiger partial charge >= 0.3 is 0 Å². The molecule has 1 unspecified atom stereocenters. The highest BCUT2D eigenvalue weighted by molar-refractivity contribution is 9.10. The van der Waals surface area contributed by atoms with Crippen LogP contribution in [0.3, 0.4) is 0 Å². The second kappa shape index (κ2) is 5.12. The minimum Gasteiger partial charge on any atom is -0.379 e. The Morgan fingerprint density at radius 2 is 2.35 bits per heavy atom. The Morgan fingerprint density at radius 1 is 1.50 bits per heavy atom. The third kappa shape index (κ3) is 2.42. The summed E-state index contributed by atoms with van der Waals surface area (Å²) in [7, 11) is 0. The fourth-order valence-corrected chi connectivity index (χ4v) is 2.59. The summed E-state index contributed by atoms with van der Waals surface area (Å²) in [6.45, 7) is 0.771. The van der Waals surface area contributed by atoms with Gasteiger partial charge < -0.3 is 15.8 Å². The SMILES string of the molecule is NC1(C(=O)Nc2cccc3cc(Br)cnc23)CCOC1. The van der Waals surface area contributed by atoms with Gasteiger partial charge in [0.1, 0.15) is 5.54 Å². The number of carbonyl (C=O) groups excluding carboxylic acids is 1. The van der Waals surface area contributed by atoms with Crippen LogP contribution in [-0.2, 0) is 9.53 Å². The van der Waals surface area contributed by atoms with Crippen LogP contribution in [0.1, 0.15) is 6.42 Å². The number of nitrogens with one attached hydrogen (secondary N) is 1. The lowest BCUT2D eigenvalue weighted by Gasteiger charge is -2.21. The molecule has 0 radical (unpaired) electrons. The highest BCUT2D eigenvalue weighted by Gasteiger charge is 2.38. The number of hydrogen-bond acceptors (Lipinski definition) is 4. The van der Waals surface area contributed by atoms with Crippen molar-refractivity contribution in [3.05, 3.63) is 34.9 Å². The third-order valence-electron chi connectivity index (χ3n) is 3.43. The third-order valence-corrected chi connectivity index (χ3v) is 3.86. The smallest absolute Gasteiger partial charge is 0.247 e. The van der Waals surface area contributed by atoms with Gasteiger partial charge in [-0.25, -0.2) is 0 Å². The van der Waals surface area contributed by atoms with Gasteiger partial charge in [0.15, 0.2) is 0 Å². The van der Waals surface area contributed by atoms with Gasteiger partial charge in [-0.3, -0.25) is 9.78 Å². The number of fused-ring (bicyclic) bond motifs is 1. The predicted molar refractivity (Wildman–Crippen MR) is 80.4 cm³/mol. The second-order valence-electron chi connectivity index (χ2n) is 4.94. The molecular formula is C14H14BrN3O2. The molecule has 0 bridgehead atoms. The maximum absolute atomic E-state index is 12.3. The lowest BCUT2D eigenvalue weighted by molar-refractivity contribution is -0.121. The van der Waals surface area contributed by atoms with Crippen molar-refractivity contribution in [1.29, 1.82) is 0 Å². The molecular weight excluding hydrogens is 322 g/mol. The lowest BCUT2D eigenvalue weighted by Crippen LogP contribution is -2.51. The number of rotatable bonds is 2. The van der Waals surface area contributed by atoms with E-state index in [0.29, 0.717) is 18.7 Å². The van der Waals surface area contributed by atoms with Crippen LogP contribution in [0.5, 0.6) is 0 Å². The summed E-state index contributed by atoms with van der Waals surface area (Å²) in [5.74, 6) is -0.229. The summed E-state index contributed by atoms with van der Waals surface area (Å²) >= 11 is 3.38. The van der Waals surface area contributed by atoms with E-state index in [1.807, 2.05) is 24.3 Å². The molecule has 0 aliphatic carbocycles. The van der Waals surface area contributed by atoms with Crippen molar-refractivity contribution < 1.29 is 9.53 Å². The maximum Gasteiger partial charge on any atom is 0.247 e. The van der Waals surface area contributed by atoms with E-state index in [0.717, 1.165) is 15.4 Å². The van der Waals surface area contributed by atoms with E-state index >= 15 is 0 Å². The summed E-state index contributed by atoms with van der Waals surface area (Å²) < 4.78 is 6.11. The molecule has 1 aliphatic heterocycles. The number of aromatic nitrogens is 1. The number of amides is 1. The van der Waals surface area contributed by atoms with E-state index in [1.165, 1.54) is 0 Å². The summed E-state index contributed by atoms with van der Waals surface area (Å²) in [5, 5.41) is 3.82. The van der Waals surface area contributed by atoms with Gasteiger partial charge in [0, 0.05) is 22.7 Å². The van der Waals surface area contributed by atoms with Crippen molar-refractivity contribution in [3.8, 4) is 0 Å². The quantitative estimate of drug-likeness (QED) is 0.880. The summed E-state index contributed by atoms with van der Waals surface area (Å²) in [6.07, 6.45) is 2.23. The molecule has 2 heterocycles. The molecule has 6 heteroatoms. The van der Waals surface area contributed by atoms with Crippen LogP contribution in [0.25, 0.3) is 10.9 Å². The van der Waals surface area contributed by atoms with Crippen molar-refractivity contribution in [2.45, 2.75) is 12.0 Å². The summed E-state index contributed by atoms with van der Waals surface area (Å²) in [4.78, 5) is 16.6. The van der Waals surface area contributed by atoms with Gasteiger partial charge in [-0.1, -0.05) is 12.1 Å². The average Bonchev–Trinajstić information content (AvgIpc) is 2.87. The summed E-state index contributed by atoms with van der Waals surface area (Å²) in [6, 6.07) is 7.59. The number of pyridine rings is 1. The molecule has 0 spiro atoms. The van der Waals surface area contributed by atoms with Gasteiger partial charge in [0.05, 0.1) is 17.8 Å². The number of ether oxygens (including phenoxy) is 1. The van der Waals surface area contributed by atoms with Crippen LogP contribution < -0.4 is 11.1 Å². The minimum absolute atomic E-state index is 0.229. The monoisotopic (exact) mass is 335 g/mol. The first kappa shape index (κ1) is 13.5. The standard InChI is InChI=1S/C14H14BrN3O2/c15-10-6-9-2-1-3-11(12(9)17-7-10)18-13(19)14(16)4-5-20-8-14/h1-3,6-7H,4-5,8,16H2,(H,18,19). The first-order valence-electron chi connectivity index (χ1n) is 6.31. The lowest BCUT2D eigenvalue weighted by atomic mass is 9.99. The van der Waals surface area contributed by atoms with E-state index in [1.54, 1.807) is 6.20 Å². The molecule has 104 valence electrons. The molecule has 1 atom stereocenters. The Labute approximate surface area is 124 Å². The average molecular weight is 336 g/mol. The van der Waals surface area contributed by atoms with Crippen LogP contribution in [0.2, 0.25) is 0 Å². The minimum atomic E-state index is -0.947. The van der Waals surface area contributed by atoms with Crippen molar-refractivity contribution in [2.75, 3.05) is 18.5 Å². The number of benzene rings is 1. The van der Waals surface area contributed by atoms with Crippen LogP contribution in [0.4, 0.5) is 5.69 Å². The van der Waals surface area contributed by atoms with Crippen LogP contribution >= 0.6 is 15.9 Å². The van der Waals surface area contributed by atoms with E-state index in [2.05, 4.69) is 26.2 Å². The number of nitrogens with zero attached hydrogens (tertiary/aromatic N) is 1. The molecule has 1 fully saturated rings. The largest absolute Gasteiger partial charge is 0.379 e. The molecule has 5 nitrogen and oxygen atoms in total. The van der Waals surface area contributed by atoms with Crippen LogP contribution in [0, 0.1) is 0 Å². The maximum atomic E-state index is 12.3. The Balaban J connectivity index is 1.93. The predicted octanol–water partition coefficient (Wildman–Crippen LogP) is 2.05. The number of halogens is 1. The molecule has 1 aromatic heterocycles. The van der Waals surface area contributed by atoms with Gasteiger partial charge in [-0.15, -0.1) is 0 Å². The van der Waals surface area contributed by atoms with Crippen LogP contribution in [-0.4, -0.2) is 29.6 Å². The highest BCUT2D eigenvalue weighted by atomic mass is 79.9. The first-order chi connectivity index (χ1) is 9.58. The van der Waals surface area contributed by atoms with E-state index in [9.17, 15) is 4.79 Å². The van der Waals surface area contributed by atoms with Crippen molar-refractivity contribution in [3.63, 3.8) is 0 Å². The van der Waals surface area contributed by atoms with Gasteiger partial charge in [-0.05, 0) is 34.5 Å². The van der Waals surface area contributed by atoms with Crippen molar-refractivity contribution in [1.82, 2.24) is 4.98 Å². The Morgan fingerprint density at radius 3 is 3.10 bits per heavy atom. The molecule has 1 aromatic carbocycles. The van der Waals surface area contributed by atoms with Crippen molar-refractivity contribution >= 4 is 38.4 Å². The normalized spacial score (nSPS) is 22.1. The number of nitrogens with two attached hydrogens (primary N) is 1. The highest BCUT2D eigenvalue weighted by Crippen LogP contribution is 2.25. The molecule has 1 aliphatic rings. The molecule has 3 N–H and O–H groups in total. The zero-order chi connectivity index (χ0) is 14.2. The van der Waals surface area contributed by atoms with Crippen LogP contribution in [0.15, 0.2) is 34.9 Å². The number of hydrogen-bond donors (Lipinski definition) is 2. The summed E-state index contributed by atoms with van der Waals surface area (Å²) in [5.41, 5.74) is 6.51. The van der Waals surface area contributed by atoms with Gasteiger partial charge in [-0.2, -0.15) is 0 Å². The zero-order valence-electron chi connectivity index (χ0n) is 10.7. The molecule has 0 saturated carbocycles. The van der Waals surface area contributed by atoms with E-state index in [-0.39, 0.29) is 12.5 Å². The number of anilines is 1. The topological polar surface area (TPSA) is 77.2 Å². The molecule has 1 saturated heterocycles. The molecule has 3 rings (SSSR count). The Bertz CT molecular complexity index is 669. The van der Waals surface area contributed by atoms with E-state index in [4.69, 9.17) is 10.5 Å². The number of carbonyl (C=O) groups is 1. The van der Waals surface area contributed by atoms with E-state index < -0.39 is 5.54 Å². The fourth-order valence-electron chi connectivity index (χ4n) is 2.24. The molecule has 1 amide bonds. The fraction of sp³-hybridized carbons (Fsp3) is 0.286. The van der Waals surface area contributed by atoms with Gasteiger partial charge in [0.2, 0.25) is 5.91 Å². The van der Waals surface area contributed by atoms with Gasteiger partial charge in [0.25, 0.3) is 0 Å². The Hall–Kier alpha value is -1.50. The number of para-hydroxylation sites is 1. The van der Waals surface area contributed by atoms with Crippen molar-refractivity contribution in [2.24, 2.45) is 5.73 Å². The second-order valence-corrected chi connectivity index (χ2v) is 5.86. The first-order valence-corrected chi connectivity index (χ1v) is 7.10. The molecule has 2 aromatic rings.